The number of carbonyl (C=O) groups is 2. The Morgan fingerprint density at radius 1 is 0.871 bits per heavy atom. The van der Waals surface area contributed by atoms with E-state index in [0.717, 1.165) is 22.6 Å². The highest BCUT2D eigenvalue weighted by Gasteiger charge is 2.30. The number of hydrogen-bond donors (Lipinski definition) is 2. The zero-order valence-corrected chi connectivity index (χ0v) is 17.3. The summed E-state index contributed by atoms with van der Waals surface area (Å²) in [5, 5.41) is 5.30. The SMILES string of the molecule is Cc1ccccc1C(=O)Nc1cccc(SCC(=O)Nc2cccc(C(F)(F)F)c2)c1. The van der Waals surface area contributed by atoms with E-state index in [4.69, 9.17) is 0 Å². The lowest BCUT2D eigenvalue weighted by molar-refractivity contribution is -0.137. The van der Waals surface area contributed by atoms with Gasteiger partial charge in [-0.15, -0.1) is 11.8 Å². The van der Waals surface area contributed by atoms with Crippen LogP contribution in [0.25, 0.3) is 0 Å². The molecule has 31 heavy (non-hydrogen) atoms. The fourth-order valence-corrected chi connectivity index (χ4v) is 3.56. The average molecular weight is 444 g/mol. The molecule has 0 atom stereocenters. The fraction of sp³-hybridized carbons (Fsp3) is 0.130. The molecule has 0 aliphatic heterocycles. The Morgan fingerprint density at radius 3 is 2.26 bits per heavy atom. The molecule has 2 amide bonds. The maximum atomic E-state index is 12.8. The summed E-state index contributed by atoms with van der Waals surface area (Å²) >= 11 is 1.21. The van der Waals surface area contributed by atoms with E-state index >= 15 is 0 Å². The number of carbonyl (C=O) groups excluding carboxylic acids is 2. The number of benzene rings is 3. The number of hydrogen-bond acceptors (Lipinski definition) is 3. The molecule has 0 saturated carbocycles. The molecule has 0 unspecified atom stereocenters. The molecular weight excluding hydrogens is 425 g/mol. The topological polar surface area (TPSA) is 58.2 Å². The summed E-state index contributed by atoms with van der Waals surface area (Å²) < 4.78 is 38.4. The van der Waals surface area contributed by atoms with E-state index in [-0.39, 0.29) is 17.3 Å². The lowest BCUT2D eigenvalue weighted by atomic mass is 10.1. The molecule has 0 aromatic heterocycles. The van der Waals surface area contributed by atoms with Gasteiger partial charge in [0.25, 0.3) is 5.91 Å². The number of halogens is 3. The van der Waals surface area contributed by atoms with E-state index in [1.807, 2.05) is 19.1 Å². The van der Waals surface area contributed by atoms with Gasteiger partial charge < -0.3 is 10.6 Å². The highest BCUT2D eigenvalue weighted by molar-refractivity contribution is 8.00. The second-order valence-electron chi connectivity index (χ2n) is 6.71. The predicted octanol–water partition coefficient (Wildman–Crippen LogP) is 6.00. The van der Waals surface area contributed by atoms with Gasteiger partial charge in [0.1, 0.15) is 0 Å². The maximum Gasteiger partial charge on any atom is 0.416 e. The highest BCUT2D eigenvalue weighted by atomic mass is 32.2. The molecule has 4 nitrogen and oxygen atoms in total. The van der Waals surface area contributed by atoms with Gasteiger partial charge in [-0.2, -0.15) is 13.2 Å². The number of nitrogens with one attached hydrogen (secondary N) is 2. The normalized spacial score (nSPS) is 11.1. The Morgan fingerprint density at radius 2 is 1.55 bits per heavy atom. The van der Waals surface area contributed by atoms with E-state index in [9.17, 15) is 22.8 Å². The number of aryl methyl sites for hydroxylation is 1. The van der Waals surface area contributed by atoms with Crippen LogP contribution in [0.2, 0.25) is 0 Å². The molecule has 160 valence electrons. The zero-order valence-electron chi connectivity index (χ0n) is 16.5. The van der Waals surface area contributed by atoms with E-state index in [0.29, 0.717) is 11.3 Å². The molecule has 0 aliphatic rings. The Bertz CT molecular complexity index is 1100. The Balaban J connectivity index is 1.58. The fourth-order valence-electron chi connectivity index (χ4n) is 2.81. The zero-order chi connectivity index (χ0) is 22.4. The number of anilines is 2. The average Bonchev–Trinajstić information content (AvgIpc) is 2.72. The summed E-state index contributed by atoms with van der Waals surface area (Å²) in [6.45, 7) is 1.85. The minimum Gasteiger partial charge on any atom is -0.325 e. The van der Waals surface area contributed by atoms with E-state index in [1.54, 1.807) is 36.4 Å². The van der Waals surface area contributed by atoms with Gasteiger partial charge in [-0.1, -0.05) is 30.3 Å². The van der Waals surface area contributed by atoms with Crippen molar-refractivity contribution in [3.05, 3.63) is 89.5 Å². The minimum absolute atomic E-state index is 0.00540. The van der Waals surface area contributed by atoms with E-state index in [1.165, 1.54) is 23.9 Å². The van der Waals surface area contributed by atoms with Gasteiger partial charge in [0.15, 0.2) is 0 Å². The lowest BCUT2D eigenvalue weighted by Crippen LogP contribution is -2.15. The summed E-state index contributed by atoms with van der Waals surface area (Å²) in [7, 11) is 0. The number of rotatable bonds is 6. The third kappa shape index (κ3) is 6.36. The number of alkyl halides is 3. The van der Waals surface area contributed by atoms with Crippen LogP contribution in [0, 0.1) is 6.92 Å². The van der Waals surface area contributed by atoms with Gasteiger partial charge >= 0.3 is 6.18 Å². The van der Waals surface area contributed by atoms with Crippen LogP contribution < -0.4 is 10.6 Å². The molecule has 0 saturated heterocycles. The van der Waals surface area contributed by atoms with Crippen LogP contribution in [-0.4, -0.2) is 17.6 Å². The van der Waals surface area contributed by atoms with Gasteiger partial charge in [-0.3, -0.25) is 9.59 Å². The minimum atomic E-state index is -4.47. The van der Waals surface area contributed by atoms with Gasteiger partial charge in [0.05, 0.1) is 11.3 Å². The van der Waals surface area contributed by atoms with Crippen LogP contribution in [0.3, 0.4) is 0 Å². The Kier molecular flexibility index (Phi) is 7.02. The molecule has 3 rings (SSSR count). The Hall–Kier alpha value is -3.26. The molecule has 0 heterocycles. The quantitative estimate of drug-likeness (QED) is 0.459. The molecular formula is C23H19F3N2O2S. The highest BCUT2D eigenvalue weighted by Crippen LogP contribution is 2.30. The first-order chi connectivity index (χ1) is 14.7. The molecule has 3 aromatic carbocycles. The van der Waals surface area contributed by atoms with Crippen molar-refractivity contribution in [1.29, 1.82) is 0 Å². The van der Waals surface area contributed by atoms with Crippen molar-refractivity contribution >= 4 is 35.0 Å². The first-order valence-electron chi connectivity index (χ1n) is 9.29. The third-order valence-corrected chi connectivity index (χ3v) is 5.32. The van der Waals surface area contributed by atoms with Crippen LogP contribution in [-0.2, 0) is 11.0 Å². The van der Waals surface area contributed by atoms with Crippen molar-refractivity contribution in [1.82, 2.24) is 0 Å². The van der Waals surface area contributed by atoms with Crippen LogP contribution in [0.5, 0.6) is 0 Å². The van der Waals surface area contributed by atoms with Gasteiger partial charge in [0.2, 0.25) is 5.91 Å². The van der Waals surface area contributed by atoms with Crippen LogP contribution in [0.15, 0.2) is 77.7 Å². The maximum absolute atomic E-state index is 12.8. The van der Waals surface area contributed by atoms with Crippen LogP contribution in [0.1, 0.15) is 21.5 Å². The van der Waals surface area contributed by atoms with Gasteiger partial charge in [0, 0.05) is 21.8 Å². The monoisotopic (exact) mass is 444 g/mol. The summed E-state index contributed by atoms with van der Waals surface area (Å²) in [6.07, 6.45) is -4.47. The first-order valence-corrected chi connectivity index (χ1v) is 10.3. The standard InChI is InChI=1S/C23H19F3N2O2S/c1-15-6-2-3-11-20(15)22(30)28-18-9-5-10-19(13-18)31-14-21(29)27-17-8-4-7-16(12-17)23(24,25)26/h2-13H,14H2,1H3,(H,27,29)(H,28,30). The summed E-state index contributed by atoms with van der Waals surface area (Å²) in [5.41, 5.74) is 1.27. The number of thioether (sulfide) groups is 1. The van der Waals surface area contributed by atoms with Crippen LogP contribution >= 0.6 is 11.8 Å². The molecule has 2 N–H and O–H groups in total. The van der Waals surface area contributed by atoms with Crippen molar-refractivity contribution in [2.24, 2.45) is 0 Å². The number of amides is 2. The first kappa shape index (κ1) is 22.4. The summed E-state index contributed by atoms with van der Waals surface area (Å²) in [5.74, 6) is -0.660. The van der Waals surface area contributed by atoms with Crippen molar-refractivity contribution in [2.45, 2.75) is 18.0 Å². The summed E-state index contributed by atoms with van der Waals surface area (Å²) in [6, 6.07) is 18.7. The smallest absolute Gasteiger partial charge is 0.325 e. The largest absolute Gasteiger partial charge is 0.416 e. The van der Waals surface area contributed by atoms with Crippen molar-refractivity contribution < 1.29 is 22.8 Å². The molecule has 0 radical (unpaired) electrons. The predicted molar refractivity (Wildman–Crippen MR) is 116 cm³/mol. The molecule has 0 fully saturated rings. The van der Waals surface area contributed by atoms with Gasteiger partial charge in [-0.25, -0.2) is 0 Å². The second-order valence-corrected chi connectivity index (χ2v) is 7.76. The molecule has 0 bridgehead atoms. The van der Waals surface area contributed by atoms with Gasteiger partial charge in [-0.05, 0) is 55.0 Å². The Labute approximate surface area is 181 Å². The van der Waals surface area contributed by atoms with Crippen LogP contribution in [0.4, 0.5) is 24.5 Å². The van der Waals surface area contributed by atoms with Crippen molar-refractivity contribution in [3.8, 4) is 0 Å². The molecule has 8 heteroatoms. The van der Waals surface area contributed by atoms with E-state index < -0.39 is 17.6 Å². The van der Waals surface area contributed by atoms with E-state index in [2.05, 4.69) is 10.6 Å². The summed E-state index contributed by atoms with van der Waals surface area (Å²) in [4.78, 5) is 25.3. The molecule has 0 spiro atoms. The molecule has 0 aliphatic carbocycles. The van der Waals surface area contributed by atoms with Crippen molar-refractivity contribution in [2.75, 3.05) is 16.4 Å². The molecule has 3 aromatic rings. The second kappa shape index (κ2) is 9.70. The third-order valence-electron chi connectivity index (χ3n) is 4.33. The van der Waals surface area contributed by atoms with Crippen molar-refractivity contribution in [3.63, 3.8) is 0 Å². The lowest BCUT2D eigenvalue weighted by Gasteiger charge is -2.10.